The van der Waals surface area contributed by atoms with Crippen LogP contribution in [0.25, 0.3) is 0 Å². The van der Waals surface area contributed by atoms with Crippen molar-refractivity contribution in [2.75, 3.05) is 13.1 Å². The molecule has 0 aliphatic rings. The SMILES string of the molecule is CCNCC(C)C(CC(C)CC)C(C)C. The van der Waals surface area contributed by atoms with Gasteiger partial charge in [0.1, 0.15) is 0 Å². The van der Waals surface area contributed by atoms with Gasteiger partial charge in [-0.2, -0.15) is 0 Å². The van der Waals surface area contributed by atoms with Crippen molar-refractivity contribution in [2.45, 2.75) is 54.4 Å². The Morgan fingerprint density at radius 3 is 2.00 bits per heavy atom. The number of hydrogen-bond acceptors (Lipinski definition) is 1. The molecule has 92 valence electrons. The van der Waals surface area contributed by atoms with Crippen LogP contribution in [0.5, 0.6) is 0 Å². The second-order valence-electron chi connectivity index (χ2n) is 5.44. The summed E-state index contributed by atoms with van der Waals surface area (Å²) >= 11 is 0. The zero-order valence-electron chi connectivity index (χ0n) is 11.6. The highest BCUT2D eigenvalue weighted by Crippen LogP contribution is 2.28. The Balaban J connectivity index is 4.12. The molecule has 0 amide bonds. The summed E-state index contributed by atoms with van der Waals surface area (Å²) in [7, 11) is 0. The van der Waals surface area contributed by atoms with Crippen LogP contribution in [0.15, 0.2) is 0 Å². The van der Waals surface area contributed by atoms with Crippen molar-refractivity contribution in [1.82, 2.24) is 5.32 Å². The average Bonchev–Trinajstić information content (AvgIpc) is 2.21. The minimum atomic E-state index is 0.805. The summed E-state index contributed by atoms with van der Waals surface area (Å²) < 4.78 is 0. The van der Waals surface area contributed by atoms with E-state index in [2.05, 4.69) is 46.9 Å². The summed E-state index contributed by atoms with van der Waals surface area (Å²) in [5.74, 6) is 3.37. The van der Waals surface area contributed by atoms with Gasteiger partial charge < -0.3 is 5.32 Å². The normalized spacial score (nSPS) is 17.8. The van der Waals surface area contributed by atoms with Gasteiger partial charge in [-0.1, -0.05) is 48.0 Å². The standard InChI is InChI=1S/C14H31N/c1-7-12(5)9-14(11(3)4)13(6)10-15-8-2/h11-15H,7-10H2,1-6H3. The fourth-order valence-corrected chi connectivity index (χ4v) is 2.32. The Bertz CT molecular complexity index is 142. The molecule has 15 heavy (non-hydrogen) atoms. The summed E-state index contributed by atoms with van der Waals surface area (Å²) in [4.78, 5) is 0. The van der Waals surface area contributed by atoms with Crippen molar-refractivity contribution in [3.05, 3.63) is 0 Å². The lowest BCUT2D eigenvalue weighted by Gasteiger charge is -2.30. The van der Waals surface area contributed by atoms with E-state index < -0.39 is 0 Å². The molecule has 1 heteroatoms. The van der Waals surface area contributed by atoms with Gasteiger partial charge in [-0.3, -0.25) is 0 Å². The predicted octanol–water partition coefficient (Wildman–Crippen LogP) is 3.94. The van der Waals surface area contributed by atoms with Crippen molar-refractivity contribution in [3.8, 4) is 0 Å². The van der Waals surface area contributed by atoms with Crippen LogP contribution in [0.3, 0.4) is 0 Å². The predicted molar refractivity (Wildman–Crippen MR) is 70.1 cm³/mol. The Morgan fingerprint density at radius 2 is 1.60 bits per heavy atom. The van der Waals surface area contributed by atoms with Crippen LogP contribution in [-0.4, -0.2) is 13.1 Å². The van der Waals surface area contributed by atoms with Crippen molar-refractivity contribution in [3.63, 3.8) is 0 Å². The summed E-state index contributed by atoms with van der Waals surface area (Å²) in [6.45, 7) is 16.3. The minimum absolute atomic E-state index is 0.805. The van der Waals surface area contributed by atoms with E-state index in [1.807, 2.05) is 0 Å². The highest BCUT2D eigenvalue weighted by molar-refractivity contribution is 4.73. The van der Waals surface area contributed by atoms with Gasteiger partial charge in [0, 0.05) is 0 Å². The lowest BCUT2D eigenvalue weighted by molar-refractivity contribution is 0.215. The van der Waals surface area contributed by atoms with Crippen LogP contribution >= 0.6 is 0 Å². The number of hydrogen-bond donors (Lipinski definition) is 1. The first-order valence-electron chi connectivity index (χ1n) is 6.73. The van der Waals surface area contributed by atoms with E-state index in [0.29, 0.717) is 0 Å². The molecule has 0 saturated carbocycles. The molecular weight excluding hydrogens is 182 g/mol. The van der Waals surface area contributed by atoms with Crippen LogP contribution in [0.4, 0.5) is 0 Å². The van der Waals surface area contributed by atoms with Gasteiger partial charge in [-0.15, -0.1) is 0 Å². The zero-order valence-corrected chi connectivity index (χ0v) is 11.6. The third kappa shape index (κ3) is 6.19. The van der Waals surface area contributed by atoms with Gasteiger partial charge in [0.15, 0.2) is 0 Å². The third-order valence-corrected chi connectivity index (χ3v) is 3.67. The smallest absolute Gasteiger partial charge is 0.00205 e. The summed E-state index contributed by atoms with van der Waals surface area (Å²) in [5, 5.41) is 3.47. The van der Waals surface area contributed by atoms with Crippen LogP contribution in [0, 0.1) is 23.7 Å². The van der Waals surface area contributed by atoms with Crippen LogP contribution in [-0.2, 0) is 0 Å². The van der Waals surface area contributed by atoms with Gasteiger partial charge in [0.05, 0.1) is 0 Å². The first-order valence-corrected chi connectivity index (χ1v) is 6.73. The topological polar surface area (TPSA) is 12.0 Å². The molecule has 0 rings (SSSR count). The van der Waals surface area contributed by atoms with E-state index in [-0.39, 0.29) is 0 Å². The third-order valence-electron chi connectivity index (χ3n) is 3.67. The molecule has 0 heterocycles. The molecule has 1 N–H and O–H groups in total. The van der Waals surface area contributed by atoms with Crippen molar-refractivity contribution >= 4 is 0 Å². The highest BCUT2D eigenvalue weighted by Gasteiger charge is 2.21. The molecule has 0 fully saturated rings. The maximum atomic E-state index is 3.47. The Hall–Kier alpha value is -0.0400. The molecule has 3 atom stereocenters. The molecule has 0 spiro atoms. The fourth-order valence-electron chi connectivity index (χ4n) is 2.32. The summed E-state index contributed by atoms with van der Waals surface area (Å²) in [6, 6.07) is 0. The fraction of sp³-hybridized carbons (Fsp3) is 1.00. The average molecular weight is 213 g/mol. The van der Waals surface area contributed by atoms with E-state index in [1.165, 1.54) is 19.4 Å². The molecule has 0 aliphatic carbocycles. The maximum absolute atomic E-state index is 3.47. The maximum Gasteiger partial charge on any atom is -0.00205 e. The van der Waals surface area contributed by atoms with Gasteiger partial charge in [-0.25, -0.2) is 0 Å². The van der Waals surface area contributed by atoms with Crippen molar-refractivity contribution in [2.24, 2.45) is 23.7 Å². The number of nitrogens with one attached hydrogen (secondary N) is 1. The quantitative estimate of drug-likeness (QED) is 0.644. The van der Waals surface area contributed by atoms with E-state index in [0.717, 1.165) is 30.2 Å². The number of rotatable bonds is 8. The molecule has 0 saturated heterocycles. The molecule has 0 aliphatic heterocycles. The summed E-state index contributed by atoms with van der Waals surface area (Å²) in [5.41, 5.74) is 0. The van der Waals surface area contributed by atoms with Crippen LogP contribution < -0.4 is 5.32 Å². The van der Waals surface area contributed by atoms with Crippen molar-refractivity contribution in [1.29, 1.82) is 0 Å². The molecule has 0 radical (unpaired) electrons. The largest absolute Gasteiger partial charge is 0.317 e. The van der Waals surface area contributed by atoms with Crippen LogP contribution in [0.1, 0.15) is 54.4 Å². The lowest BCUT2D eigenvalue weighted by Crippen LogP contribution is -2.29. The van der Waals surface area contributed by atoms with E-state index >= 15 is 0 Å². The Kier molecular flexibility index (Phi) is 8.13. The monoisotopic (exact) mass is 213 g/mol. The molecule has 1 nitrogen and oxygen atoms in total. The van der Waals surface area contributed by atoms with Gasteiger partial charge in [-0.05, 0) is 43.2 Å². The molecule has 0 bridgehead atoms. The van der Waals surface area contributed by atoms with Gasteiger partial charge in [0.2, 0.25) is 0 Å². The van der Waals surface area contributed by atoms with Gasteiger partial charge in [0.25, 0.3) is 0 Å². The second kappa shape index (κ2) is 8.15. The van der Waals surface area contributed by atoms with Crippen molar-refractivity contribution < 1.29 is 0 Å². The zero-order chi connectivity index (χ0) is 11.8. The minimum Gasteiger partial charge on any atom is -0.317 e. The van der Waals surface area contributed by atoms with Crippen LogP contribution in [0.2, 0.25) is 0 Å². The molecule has 0 aromatic rings. The van der Waals surface area contributed by atoms with E-state index in [1.54, 1.807) is 0 Å². The summed E-state index contributed by atoms with van der Waals surface area (Å²) in [6.07, 6.45) is 2.71. The Morgan fingerprint density at radius 1 is 1.00 bits per heavy atom. The molecular formula is C14H31N. The lowest BCUT2D eigenvalue weighted by atomic mass is 9.78. The molecule has 3 unspecified atom stereocenters. The van der Waals surface area contributed by atoms with Gasteiger partial charge >= 0.3 is 0 Å². The first-order chi connectivity index (χ1) is 7.02. The van der Waals surface area contributed by atoms with E-state index in [9.17, 15) is 0 Å². The Labute approximate surface area is 97.0 Å². The highest BCUT2D eigenvalue weighted by atomic mass is 14.8. The molecule has 0 aromatic heterocycles. The van der Waals surface area contributed by atoms with E-state index in [4.69, 9.17) is 0 Å². The second-order valence-corrected chi connectivity index (χ2v) is 5.44. The molecule has 0 aromatic carbocycles. The first kappa shape index (κ1) is 15.0.